The van der Waals surface area contributed by atoms with Gasteiger partial charge in [0.15, 0.2) is 8.07 Å². The average molecular weight is 898 g/mol. The second kappa shape index (κ2) is 15.5. The van der Waals surface area contributed by atoms with E-state index in [9.17, 15) is 0 Å². The van der Waals surface area contributed by atoms with Crippen molar-refractivity contribution in [3.8, 4) is 0 Å². The van der Waals surface area contributed by atoms with Gasteiger partial charge in [-0.15, -0.1) is 0 Å². The quantitative estimate of drug-likeness (QED) is 0.141. The van der Waals surface area contributed by atoms with E-state index < -0.39 is 56.5 Å². The van der Waals surface area contributed by atoms with Crippen LogP contribution in [0.5, 0.6) is 0 Å². The number of benzene rings is 3. The Morgan fingerprint density at radius 2 is 0.569 bits per heavy atom. The van der Waals surface area contributed by atoms with E-state index in [1.807, 2.05) is 20.8 Å². The monoisotopic (exact) mass is 897 g/mol. The van der Waals surface area contributed by atoms with Gasteiger partial charge < -0.3 is 0 Å². The number of allylic oxidation sites excluding steroid dienone is 4. The number of rotatable bonds is 10. The molecule has 0 saturated heterocycles. The summed E-state index contributed by atoms with van der Waals surface area (Å²) in [7, 11) is -14.5. The van der Waals surface area contributed by atoms with Crippen molar-refractivity contribution in [1.29, 1.82) is 0 Å². The summed E-state index contributed by atoms with van der Waals surface area (Å²) in [5, 5.41) is 17.8. The zero-order chi connectivity index (χ0) is 45.2. The van der Waals surface area contributed by atoms with E-state index in [1.165, 1.54) is 0 Å². The molecule has 1 aliphatic carbocycles. The van der Waals surface area contributed by atoms with Crippen LogP contribution in [0.25, 0.3) is 0 Å². The van der Waals surface area contributed by atoms with Gasteiger partial charge in [0.05, 0.1) is 48.4 Å². The summed E-state index contributed by atoms with van der Waals surface area (Å²) in [5.41, 5.74) is 14.5. The molecule has 320 valence electrons. The van der Waals surface area contributed by atoms with Gasteiger partial charge in [0, 0.05) is 0 Å². The molecule has 0 saturated carbocycles. The molecule has 0 heterocycles. The zero-order valence-corrected chi connectivity index (χ0v) is 50.3. The van der Waals surface area contributed by atoms with Crippen LogP contribution in [-0.4, -0.2) is 56.5 Å². The highest BCUT2D eigenvalue weighted by Crippen LogP contribution is 2.42. The lowest BCUT2D eigenvalue weighted by atomic mass is 10.1. The van der Waals surface area contributed by atoms with E-state index in [0.717, 1.165) is 0 Å². The molecule has 1 unspecified atom stereocenters. The average Bonchev–Trinajstić information content (AvgIpc) is 3.20. The van der Waals surface area contributed by atoms with Crippen molar-refractivity contribution >= 4 is 103 Å². The maximum absolute atomic E-state index is 3.21. The zero-order valence-electron chi connectivity index (χ0n) is 43.3. The van der Waals surface area contributed by atoms with Crippen LogP contribution in [0.3, 0.4) is 0 Å². The van der Waals surface area contributed by atoms with Crippen molar-refractivity contribution in [3.05, 3.63) is 73.5 Å². The van der Waals surface area contributed by atoms with Gasteiger partial charge in [0.2, 0.25) is 0 Å². The van der Waals surface area contributed by atoms with Crippen LogP contribution < -0.4 is 46.7 Å². The van der Waals surface area contributed by atoms with E-state index >= 15 is 0 Å². The molecule has 4 rings (SSSR count). The minimum absolute atomic E-state index is 0.380. The summed E-state index contributed by atoms with van der Waals surface area (Å²) in [5.74, 6) is 0.380. The van der Waals surface area contributed by atoms with E-state index in [0.29, 0.717) is 5.92 Å². The molecule has 1 atom stereocenters. The molecule has 7 heteroatoms. The fourth-order valence-electron chi connectivity index (χ4n) is 12.1. The third-order valence-corrected chi connectivity index (χ3v) is 33.5. The smallest absolute Gasteiger partial charge is 0.0656 e. The van der Waals surface area contributed by atoms with Gasteiger partial charge in [0.25, 0.3) is 0 Å². The van der Waals surface area contributed by atoms with Crippen LogP contribution >= 0.6 is 0 Å². The van der Waals surface area contributed by atoms with Gasteiger partial charge in [-0.2, -0.15) is 0 Å². The fraction of sp³-hybridized carbons (Fsp3) is 0.569. The van der Waals surface area contributed by atoms with Crippen LogP contribution in [0, 0.1) is 47.5 Å². The van der Waals surface area contributed by atoms with Crippen molar-refractivity contribution in [2.45, 2.75) is 187 Å². The summed E-state index contributed by atoms with van der Waals surface area (Å²) in [4.78, 5) is 0. The predicted octanol–water partition coefficient (Wildman–Crippen LogP) is 10.1. The molecule has 1 aliphatic rings. The molecule has 0 radical (unpaired) electrons. The van der Waals surface area contributed by atoms with Crippen molar-refractivity contribution < 1.29 is 0 Å². The molecule has 0 spiro atoms. The molecule has 3 aromatic carbocycles. The van der Waals surface area contributed by atoms with Gasteiger partial charge in [-0.3, -0.25) is 0 Å². The normalized spacial score (nSPS) is 16.7. The molecule has 58 heavy (non-hydrogen) atoms. The van der Waals surface area contributed by atoms with E-state index in [1.54, 1.807) is 81.2 Å². The first-order valence-corrected chi connectivity index (χ1v) is 45.6. The first-order valence-electron chi connectivity index (χ1n) is 22.6. The Kier molecular flexibility index (Phi) is 13.2. The highest BCUT2D eigenvalue weighted by Gasteiger charge is 2.57. The number of hydrogen-bond donors (Lipinski definition) is 0. The van der Waals surface area contributed by atoms with Gasteiger partial charge >= 0.3 is 0 Å². The summed E-state index contributed by atoms with van der Waals surface area (Å²) in [6.45, 7) is 73.5. The standard InChI is InChI=1S/C51H88Si7/c1-32-29-42(52(11,12)13)39(8)49(45(32)55(20,21)22)58(48-37(6)35(4)36(5)38(48)7,50-40(9)43(53(14,15)16)30-33(2)46(50)56(23,24)25)51-41(10)44(54(17,18)19)31-34(3)47(51)57(26,27)28/h29-31,37H,1-28H3. The SMILES string of the molecule is CC1=C(C)C(C)C([Si](c2c(C)c([Si](C)(C)C)cc(C)c2[Si](C)(C)C)(c2c(C)c([Si](C)(C)C)cc(C)c2[Si](C)(C)C)c2c(C)c([Si](C)(C)C)cc(C)c2[Si](C)(C)C)=C1C. The van der Waals surface area contributed by atoms with Gasteiger partial charge in [-0.1, -0.05) is 224 Å². The van der Waals surface area contributed by atoms with Gasteiger partial charge in [0.1, 0.15) is 0 Å². The van der Waals surface area contributed by atoms with E-state index in [4.69, 9.17) is 0 Å². The lowest BCUT2D eigenvalue weighted by molar-refractivity contribution is 0.851. The molecule has 0 bridgehead atoms. The first kappa shape index (κ1) is 49.3. The Bertz CT molecular complexity index is 2010. The Morgan fingerprint density at radius 1 is 0.328 bits per heavy atom. The van der Waals surface area contributed by atoms with Gasteiger partial charge in [-0.25, -0.2) is 0 Å². The summed E-state index contributed by atoms with van der Waals surface area (Å²) in [6.07, 6.45) is 0. The van der Waals surface area contributed by atoms with Crippen LogP contribution in [0.4, 0.5) is 0 Å². The second-order valence-corrected chi connectivity index (χ2v) is 58.8. The molecule has 0 aromatic heterocycles. The van der Waals surface area contributed by atoms with E-state index in [-0.39, 0.29) is 0 Å². The highest BCUT2D eigenvalue weighted by molar-refractivity contribution is 7.23. The summed E-state index contributed by atoms with van der Waals surface area (Å²) in [6, 6.07) is 8.16. The Labute approximate surface area is 367 Å². The van der Waals surface area contributed by atoms with Crippen LogP contribution in [0.2, 0.25) is 118 Å². The maximum atomic E-state index is 2.72. The van der Waals surface area contributed by atoms with Crippen molar-refractivity contribution in [2.75, 3.05) is 0 Å². The molecule has 0 amide bonds. The van der Waals surface area contributed by atoms with Crippen molar-refractivity contribution in [1.82, 2.24) is 0 Å². The lowest BCUT2D eigenvalue weighted by Gasteiger charge is -2.50. The van der Waals surface area contributed by atoms with E-state index in [2.05, 4.69) is 205 Å². The molecular weight excluding hydrogens is 809 g/mol. The fourth-order valence-corrected chi connectivity index (χ4v) is 36.8. The Morgan fingerprint density at radius 3 is 0.741 bits per heavy atom. The Hall–Kier alpha value is -1.34. The third-order valence-electron chi connectivity index (χ3n) is 14.2. The largest absolute Gasteiger partial charge is 0.176 e. The molecular formula is C51H88Si7. The Balaban J connectivity index is 2.90. The maximum Gasteiger partial charge on any atom is 0.176 e. The van der Waals surface area contributed by atoms with Crippen LogP contribution in [0.1, 0.15) is 61.1 Å². The van der Waals surface area contributed by atoms with Gasteiger partial charge in [-0.05, 0) is 89.4 Å². The first-order chi connectivity index (χ1) is 25.8. The molecule has 3 aromatic rings. The molecule has 0 nitrogen and oxygen atoms in total. The number of aryl methyl sites for hydroxylation is 3. The molecule has 0 aliphatic heterocycles. The minimum Gasteiger partial charge on any atom is -0.0656 e. The van der Waals surface area contributed by atoms with Crippen molar-refractivity contribution in [2.24, 2.45) is 5.92 Å². The topological polar surface area (TPSA) is 0 Å². The highest BCUT2D eigenvalue weighted by atomic mass is 28.3. The predicted molar refractivity (Wildman–Crippen MR) is 291 cm³/mol. The molecule has 0 N–H and O–H groups in total. The number of hydrogen-bond acceptors (Lipinski definition) is 0. The molecule has 0 fully saturated rings. The van der Waals surface area contributed by atoms with Crippen LogP contribution in [-0.2, 0) is 0 Å². The summed E-state index contributed by atoms with van der Waals surface area (Å²) >= 11 is 0. The lowest BCUT2D eigenvalue weighted by Crippen LogP contribution is -2.84. The second-order valence-electron chi connectivity index (χ2n) is 25.2. The minimum atomic E-state index is -3.21. The van der Waals surface area contributed by atoms with Crippen molar-refractivity contribution in [3.63, 3.8) is 0 Å². The third kappa shape index (κ3) is 8.19. The summed E-state index contributed by atoms with van der Waals surface area (Å²) < 4.78 is 0. The van der Waals surface area contributed by atoms with Crippen LogP contribution in [0.15, 0.2) is 40.1 Å².